The molecular weight excluding hydrogens is 518 g/mol. The lowest BCUT2D eigenvalue weighted by Gasteiger charge is -2.32. The number of ether oxygens (including phenoxy) is 1. The summed E-state index contributed by atoms with van der Waals surface area (Å²) in [5.74, 6) is -2.08. The van der Waals surface area contributed by atoms with Gasteiger partial charge in [0.25, 0.3) is 5.91 Å². The number of nitrogens with one attached hydrogen (secondary N) is 1. The van der Waals surface area contributed by atoms with Gasteiger partial charge in [-0.1, -0.05) is 37.6 Å². The molecule has 9 nitrogen and oxygen atoms in total. The van der Waals surface area contributed by atoms with Crippen LogP contribution in [-0.4, -0.2) is 57.3 Å². The third-order valence-electron chi connectivity index (χ3n) is 6.44. The molecule has 0 aliphatic carbocycles. The summed E-state index contributed by atoms with van der Waals surface area (Å²) in [7, 11) is -2.16. The Labute approximate surface area is 222 Å². The SMILES string of the molecule is CC[C@@H](C)C(=O)N[C@@H]1C(=O)N(Cc2cc(Cl)ccc2OC)c2ccccc2N(C(=O)CS(C)(=O)=O)[C@H]1C. The predicted molar refractivity (Wildman–Crippen MR) is 144 cm³/mol. The highest BCUT2D eigenvalue weighted by atomic mass is 35.5. The van der Waals surface area contributed by atoms with Gasteiger partial charge in [0.15, 0.2) is 9.84 Å². The van der Waals surface area contributed by atoms with Crippen molar-refractivity contribution in [2.45, 2.75) is 45.8 Å². The van der Waals surface area contributed by atoms with E-state index in [1.165, 1.54) is 16.9 Å². The van der Waals surface area contributed by atoms with Crippen molar-refractivity contribution in [2.75, 3.05) is 28.9 Å². The Bertz CT molecular complexity index is 1300. The second-order valence-corrected chi connectivity index (χ2v) is 11.8. The molecule has 0 saturated carbocycles. The fourth-order valence-corrected chi connectivity index (χ4v) is 5.06. The highest BCUT2D eigenvalue weighted by Crippen LogP contribution is 2.37. The van der Waals surface area contributed by atoms with Crippen LogP contribution in [0.5, 0.6) is 5.75 Å². The molecule has 3 amide bonds. The van der Waals surface area contributed by atoms with Crippen LogP contribution in [0, 0.1) is 5.92 Å². The zero-order chi connectivity index (χ0) is 27.5. The van der Waals surface area contributed by atoms with E-state index in [0.717, 1.165) is 6.26 Å². The molecule has 1 heterocycles. The number of anilines is 2. The average Bonchev–Trinajstić information content (AvgIpc) is 2.91. The molecule has 0 bridgehead atoms. The Kier molecular flexibility index (Phi) is 8.86. The Morgan fingerprint density at radius 1 is 1.16 bits per heavy atom. The summed E-state index contributed by atoms with van der Waals surface area (Å²) >= 11 is 6.23. The molecule has 1 aliphatic rings. The van der Waals surface area contributed by atoms with Crippen molar-refractivity contribution in [3.8, 4) is 5.75 Å². The lowest BCUT2D eigenvalue weighted by molar-refractivity contribution is -0.130. The largest absolute Gasteiger partial charge is 0.496 e. The Balaban J connectivity index is 2.19. The second kappa shape index (κ2) is 11.5. The van der Waals surface area contributed by atoms with Gasteiger partial charge in [-0.15, -0.1) is 0 Å². The smallest absolute Gasteiger partial charge is 0.252 e. The number of carbonyl (C=O) groups excluding carboxylic acids is 3. The molecule has 0 unspecified atom stereocenters. The normalized spacial score (nSPS) is 18.6. The molecule has 3 atom stereocenters. The molecule has 1 aliphatic heterocycles. The topological polar surface area (TPSA) is 113 Å². The summed E-state index contributed by atoms with van der Waals surface area (Å²) < 4.78 is 29.5. The number of halogens is 1. The predicted octanol–water partition coefficient (Wildman–Crippen LogP) is 3.19. The standard InChI is InChI=1S/C26H32ClN3O6S/c1-6-16(2)25(32)28-24-17(3)30(23(31)15-37(5,34)35)21-10-8-7-9-20(21)29(26(24)33)14-18-13-19(27)11-12-22(18)36-4/h7-13,16-17,24H,6,14-15H2,1-5H3,(H,28,32)/t16-,17+,24+/m1/s1. The zero-order valence-corrected chi connectivity index (χ0v) is 23.1. The molecule has 0 saturated heterocycles. The quantitative estimate of drug-likeness (QED) is 0.541. The number of carbonyl (C=O) groups is 3. The maximum absolute atomic E-state index is 14.1. The van der Waals surface area contributed by atoms with Crippen molar-refractivity contribution in [3.05, 3.63) is 53.1 Å². The van der Waals surface area contributed by atoms with Gasteiger partial charge < -0.3 is 19.9 Å². The molecular formula is C26H32ClN3O6S. The maximum Gasteiger partial charge on any atom is 0.252 e. The molecule has 2 aromatic carbocycles. The van der Waals surface area contributed by atoms with Crippen LogP contribution in [0.1, 0.15) is 32.8 Å². The lowest BCUT2D eigenvalue weighted by Crippen LogP contribution is -2.59. The summed E-state index contributed by atoms with van der Waals surface area (Å²) in [6, 6.07) is 9.79. The van der Waals surface area contributed by atoms with Crippen molar-refractivity contribution in [1.29, 1.82) is 0 Å². The minimum Gasteiger partial charge on any atom is -0.496 e. The summed E-state index contributed by atoms with van der Waals surface area (Å²) in [4.78, 5) is 43.1. The number of benzene rings is 2. The molecule has 2 aromatic rings. The zero-order valence-electron chi connectivity index (χ0n) is 21.5. The van der Waals surface area contributed by atoms with Gasteiger partial charge in [0.2, 0.25) is 11.8 Å². The van der Waals surface area contributed by atoms with Crippen LogP contribution in [0.4, 0.5) is 11.4 Å². The van der Waals surface area contributed by atoms with Gasteiger partial charge in [0.05, 0.1) is 31.1 Å². The molecule has 1 N–H and O–H groups in total. The summed E-state index contributed by atoms with van der Waals surface area (Å²) in [6.07, 6.45) is 1.53. The fraction of sp³-hybridized carbons (Fsp3) is 0.423. The van der Waals surface area contributed by atoms with Gasteiger partial charge >= 0.3 is 0 Å². The highest BCUT2D eigenvalue weighted by Gasteiger charge is 2.42. The molecule has 3 rings (SSSR count). The molecule has 0 radical (unpaired) electrons. The number of para-hydroxylation sites is 2. The van der Waals surface area contributed by atoms with E-state index in [9.17, 15) is 22.8 Å². The number of amides is 3. The van der Waals surface area contributed by atoms with Crippen molar-refractivity contribution in [2.24, 2.45) is 5.92 Å². The number of hydrogen-bond acceptors (Lipinski definition) is 6. The van der Waals surface area contributed by atoms with Crippen LogP contribution in [-0.2, 0) is 30.8 Å². The number of methoxy groups -OCH3 is 1. The summed E-state index contributed by atoms with van der Waals surface area (Å²) in [6.45, 7) is 5.27. The van der Waals surface area contributed by atoms with E-state index < -0.39 is 39.5 Å². The van der Waals surface area contributed by atoms with Crippen molar-refractivity contribution in [1.82, 2.24) is 5.32 Å². The number of hydrogen-bond donors (Lipinski definition) is 1. The van der Waals surface area contributed by atoms with Crippen LogP contribution in [0.2, 0.25) is 5.02 Å². The van der Waals surface area contributed by atoms with Crippen LogP contribution in [0.15, 0.2) is 42.5 Å². The third kappa shape index (κ3) is 6.42. The molecule has 37 heavy (non-hydrogen) atoms. The lowest BCUT2D eigenvalue weighted by atomic mass is 10.0. The van der Waals surface area contributed by atoms with Gasteiger partial charge in [-0.2, -0.15) is 0 Å². The summed E-state index contributed by atoms with van der Waals surface area (Å²) in [5, 5.41) is 3.27. The van der Waals surface area contributed by atoms with E-state index >= 15 is 0 Å². The molecule has 0 spiro atoms. The molecule has 0 fully saturated rings. The van der Waals surface area contributed by atoms with E-state index in [2.05, 4.69) is 5.32 Å². The van der Waals surface area contributed by atoms with Gasteiger partial charge in [-0.05, 0) is 43.7 Å². The van der Waals surface area contributed by atoms with Gasteiger partial charge in [0, 0.05) is 22.8 Å². The van der Waals surface area contributed by atoms with Gasteiger partial charge in [-0.3, -0.25) is 14.4 Å². The van der Waals surface area contributed by atoms with Crippen molar-refractivity contribution in [3.63, 3.8) is 0 Å². The monoisotopic (exact) mass is 549 g/mol. The number of rotatable bonds is 8. The highest BCUT2D eigenvalue weighted by molar-refractivity contribution is 7.91. The third-order valence-corrected chi connectivity index (χ3v) is 7.44. The van der Waals surface area contributed by atoms with E-state index in [-0.39, 0.29) is 18.4 Å². The Morgan fingerprint density at radius 2 is 1.81 bits per heavy atom. The first kappa shape index (κ1) is 28.5. The van der Waals surface area contributed by atoms with Crippen LogP contribution >= 0.6 is 11.6 Å². The molecule has 0 aromatic heterocycles. The molecule has 11 heteroatoms. The minimum absolute atomic E-state index is 0.0378. The van der Waals surface area contributed by atoms with Gasteiger partial charge in [0.1, 0.15) is 17.5 Å². The van der Waals surface area contributed by atoms with Crippen LogP contribution in [0.3, 0.4) is 0 Å². The van der Waals surface area contributed by atoms with E-state index in [0.29, 0.717) is 34.1 Å². The van der Waals surface area contributed by atoms with Crippen LogP contribution < -0.4 is 19.9 Å². The molecule has 200 valence electrons. The summed E-state index contributed by atoms with van der Waals surface area (Å²) in [5.41, 5.74) is 1.37. The fourth-order valence-electron chi connectivity index (χ4n) is 4.28. The minimum atomic E-state index is -3.67. The van der Waals surface area contributed by atoms with Crippen LogP contribution in [0.25, 0.3) is 0 Å². The second-order valence-electron chi connectivity index (χ2n) is 9.24. The van der Waals surface area contributed by atoms with E-state index in [1.807, 2.05) is 6.92 Å². The Morgan fingerprint density at radius 3 is 2.41 bits per heavy atom. The van der Waals surface area contributed by atoms with E-state index in [4.69, 9.17) is 16.3 Å². The Hall–Kier alpha value is -3.11. The van der Waals surface area contributed by atoms with Crippen molar-refractivity contribution >= 4 is 50.5 Å². The first-order valence-electron chi connectivity index (χ1n) is 11.9. The van der Waals surface area contributed by atoms with E-state index in [1.54, 1.807) is 56.3 Å². The van der Waals surface area contributed by atoms with Gasteiger partial charge in [-0.25, -0.2) is 8.42 Å². The average molecular weight is 550 g/mol. The first-order chi connectivity index (χ1) is 17.4. The number of nitrogens with zero attached hydrogens (tertiary/aromatic N) is 2. The number of sulfone groups is 1. The van der Waals surface area contributed by atoms with Crippen molar-refractivity contribution < 1.29 is 27.5 Å². The number of fused-ring (bicyclic) bond motifs is 1. The first-order valence-corrected chi connectivity index (χ1v) is 14.3. The maximum atomic E-state index is 14.1.